The van der Waals surface area contributed by atoms with Gasteiger partial charge in [0.25, 0.3) is 0 Å². The molecular weight excluding hydrogens is 219 g/mol. The van der Waals surface area contributed by atoms with Gasteiger partial charge < -0.3 is 16.2 Å². The zero-order chi connectivity index (χ0) is 10.6. The van der Waals surface area contributed by atoms with Gasteiger partial charge in [0.1, 0.15) is 11.6 Å². The zero-order valence-electron chi connectivity index (χ0n) is 8.57. The Morgan fingerprint density at radius 3 is 2.67 bits per heavy atom. The molecule has 3 nitrogen and oxygen atoms in total. The van der Waals surface area contributed by atoms with Crippen molar-refractivity contribution in [3.8, 4) is 5.75 Å². The van der Waals surface area contributed by atoms with Gasteiger partial charge >= 0.3 is 0 Å². The van der Waals surface area contributed by atoms with E-state index < -0.39 is 6.04 Å². The van der Waals surface area contributed by atoms with Crippen molar-refractivity contribution >= 4 is 12.4 Å². The third-order valence-electron chi connectivity index (χ3n) is 2.08. The molecule has 0 saturated heterocycles. The van der Waals surface area contributed by atoms with Crippen LogP contribution in [0.4, 0.5) is 4.39 Å². The molecule has 4 N–H and O–H groups in total. The lowest BCUT2D eigenvalue weighted by atomic mass is 10.0. The summed E-state index contributed by atoms with van der Waals surface area (Å²) < 4.78 is 18.4. The van der Waals surface area contributed by atoms with Crippen LogP contribution >= 0.6 is 12.4 Å². The Hall–Kier alpha value is -0.840. The van der Waals surface area contributed by atoms with Gasteiger partial charge in [-0.3, -0.25) is 0 Å². The molecule has 0 aliphatic carbocycles. The third-order valence-corrected chi connectivity index (χ3v) is 2.08. The third kappa shape index (κ3) is 3.34. The minimum atomic E-state index is -0.406. The molecule has 1 rings (SSSR count). The maximum Gasteiger partial charge on any atom is 0.131 e. The molecule has 5 heteroatoms. The Balaban J connectivity index is 0.00000196. The summed E-state index contributed by atoms with van der Waals surface area (Å²) >= 11 is 0. The highest BCUT2D eigenvalue weighted by molar-refractivity contribution is 5.85. The van der Waals surface area contributed by atoms with Gasteiger partial charge in [0.15, 0.2) is 0 Å². The number of halogens is 2. The van der Waals surface area contributed by atoms with Crippen LogP contribution in [0.3, 0.4) is 0 Å². The molecule has 0 heterocycles. The molecule has 0 aromatic heterocycles. The van der Waals surface area contributed by atoms with Gasteiger partial charge in [-0.1, -0.05) is 6.07 Å². The van der Waals surface area contributed by atoms with E-state index in [-0.39, 0.29) is 18.2 Å². The monoisotopic (exact) mass is 234 g/mol. The number of hydrogen-bond donors (Lipinski definition) is 2. The van der Waals surface area contributed by atoms with E-state index in [1.54, 1.807) is 12.1 Å². The van der Waals surface area contributed by atoms with Gasteiger partial charge in [-0.05, 0) is 25.1 Å². The van der Waals surface area contributed by atoms with Gasteiger partial charge in [-0.25, -0.2) is 4.39 Å². The number of methoxy groups -OCH3 is 1. The fourth-order valence-corrected chi connectivity index (χ4v) is 1.38. The van der Waals surface area contributed by atoms with Crippen LogP contribution in [0.1, 0.15) is 18.0 Å². The first-order valence-electron chi connectivity index (χ1n) is 4.48. The van der Waals surface area contributed by atoms with Crippen molar-refractivity contribution in [2.75, 3.05) is 13.7 Å². The molecule has 0 radical (unpaired) electrons. The van der Waals surface area contributed by atoms with Crippen molar-refractivity contribution < 1.29 is 9.13 Å². The average molecular weight is 235 g/mol. The van der Waals surface area contributed by atoms with Gasteiger partial charge in [-0.15, -0.1) is 12.4 Å². The molecule has 86 valence electrons. The summed E-state index contributed by atoms with van der Waals surface area (Å²) in [5.74, 6) is 0.135. The topological polar surface area (TPSA) is 61.3 Å². The van der Waals surface area contributed by atoms with Gasteiger partial charge in [0.2, 0.25) is 0 Å². The highest BCUT2D eigenvalue weighted by atomic mass is 35.5. The molecule has 15 heavy (non-hydrogen) atoms. The summed E-state index contributed by atoms with van der Waals surface area (Å²) in [5, 5.41) is 0. The standard InChI is InChI=1S/C10H15FN2O.ClH/c1-14-9-4-2-3-7(11)10(9)8(13)5-6-12;/h2-4,8H,5-6,12-13H2,1H3;1H/t8-;/m0./s1. The molecule has 1 aromatic rings. The maximum atomic E-state index is 13.4. The minimum Gasteiger partial charge on any atom is -0.496 e. The number of hydrogen-bond acceptors (Lipinski definition) is 3. The van der Waals surface area contributed by atoms with E-state index in [0.29, 0.717) is 24.3 Å². The van der Waals surface area contributed by atoms with E-state index >= 15 is 0 Å². The zero-order valence-corrected chi connectivity index (χ0v) is 9.39. The smallest absolute Gasteiger partial charge is 0.131 e. The normalized spacial score (nSPS) is 11.7. The molecule has 0 amide bonds. The largest absolute Gasteiger partial charge is 0.496 e. The molecule has 0 spiro atoms. The highest BCUT2D eigenvalue weighted by Gasteiger charge is 2.15. The van der Waals surface area contributed by atoms with E-state index in [2.05, 4.69) is 0 Å². The molecule has 0 aliphatic rings. The first-order chi connectivity index (χ1) is 6.70. The van der Waals surface area contributed by atoms with Crippen LogP contribution in [0.5, 0.6) is 5.75 Å². The van der Waals surface area contributed by atoms with E-state index in [1.807, 2.05) is 0 Å². The summed E-state index contributed by atoms with van der Waals surface area (Å²) in [6, 6.07) is 4.24. The van der Waals surface area contributed by atoms with Crippen LogP contribution in [0, 0.1) is 5.82 Å². The number of rotatable bonds is 4. The summed E-state index contributed by atoms with van der Waals surface area (Å²) in [6.07, 6.45) is 0.539. The van der Waals surface area contributed by atoms with Crippen molar-refractivity contribution in [3.05, 3.63) is 29.6 Å². The molecule has 0 bridgehead atoms. The van der Waals surface area contributed by atoms with E-state index in [0.717, 1.165) is 0 Å². The Bertz CT molecular complexity index is 309. The molecule has 1 atom stereocenters. The second kappa shape index (κ2) is 6.61. The fraction of sp³-hybridized carbons (Fsp3) is 0.400. The van der Waals surface area contributed by atoms with Crippen molar-refractivity contribution in [2.24, 2.45) is 11.5 Å². The summed E-state index contributed by atoms with van der Waals surface area (Å²) in [6.45, 7) is 0.429. The van der Waals surface area contributed by atoms with Crippen LogP contribution in [0.25, 0.3) is 0 Å². The fourth-order valence-electron chi connectivity index (χ4n) is 1.38. The van der Waals surface area contributed by atoms with Crippen molar-refractivity contribution in [3.63, 3.8) is 0 Å². The maximum absolute atomic E-state index is 13.4. The van der Waals surface area contributed by atoms with Crippen LogP contribution in [-0.2, 0) is 0 Å². The second-order valence-corrected chi connectivity index (χ2v) is 3.04. The minimum absolute atomic E-state index is 0. The summed E-state index contributed by atoms with van der Waals surface area (Å²) in [5.41, 5.74) is 11.6. The first kappa shape index (κ1) is 14.2. The van der Waals surface area contributed by atoms with Gasteiger partial charge in [0.05, 0.1) is 7.11 Å². The Kier molecular flexibility index (Phi) is 6.24. The Morgan fingerprint density at radius 1 is 1.47 bits per heavy atom. The molecular formula is C10H16ClFN2O. The molecule has 0 fully saturated rings. The van der Waals surface area contributed by atoms with E-state index in [4.69, 9.17) is 16.2 Å². The van der Waals surface area contributed by atoms with Gasteiger partial charge in [-0.2, -0.15) is 0 Å². The Morgan fingerprint density at radius 2 is 2.13 bits per heavy atom. The molecule has 0 aliphatic heterocycles. The van der Waals surface area contributed by atoms with Crippen molar-refractivity contribution in [1.29, 1.82) is 0 Å². The van der Waals surface area contributed by atoms with E-state index in [1.165, 1.54) is 13.2 Å². The lowest BCUT2D eigenvalue weighted by Crippen LogP contribution is -2.17. The second-order valence-electron chi connectivity index (χ2n) is 3.04. The number of nitrogens with two attached hydrogens (primary N) is 2. The van der Waals surface area contributed by atoms with Crippen molar-refractivity contribution in [2.45, 2.75) is 12.5 Å². The van der Waals surface area contributed by atoms with Crippen LogP contribution < -0.4 is 16.2 Å². The molecule has 0 saturated carbocycles. The number of benzene rings is 1. The van der Waals surface area contributed by atoms with Crippen LogP contribution in [0.15, 0.2) is 18.2 Å². The van der Waals surface area contributed by atoms with Crippen LogP contribution in [-0.4, -0.2) is 13.7 Å². The number of ether oxygens (including phenoxy) is 1. The predicted octanol–water partition coefficient (Wildman–Crippen LogP) is 1.60. The molecule has 1 aromatic carbocycles. The SMILES string of the molecule is COc1cccc(F)c1[C@@H](N)CCN.Cl. The summed E-state index contributed by atoms with van der Waals surface area (Å²) in [7, 11) is 1.49. The quantitative estimate of drug-likeness (QED) is 0.832. The lowest BCUT2D eigenvalue weighted by Gasteiger charge is -2.15. The predicted molar refractivity (Wildman–Crippen MR) is 60.8 cm³/mol. The average Bonchev–Trinajstić information content (AvgIpc) is 2.17. The lowest BCUT2D eigenvalue weighted by molar-refractivity contribution is 0.397. The van der Waals surface area contributed by atoms with E-state index in [9.17, 15) is 4.39 Å². The highest BCUT2D eigenvalue weighted by Crippen LogP contribution is 2.27. The van der Waals surface area contributed by atoms with Gasteiger partial charge in [0, 0.05) is 11.6 Å². The van der Waals surface area contributed by atoms with Crippen LogP contribution in [0.2, 0.25) is 0 Å². The summed E-state index contributed by atoms with van der Waals surface area (Å²) in [4.78, 5) is 0. The Labute approximate surface area is 95.0 Å². The first-order valence-corrected chi connectivity index (χ1v) is 4.48. The molecule has 0 unspecified atom stereocenters. The van der Waals surface area contributed by atoms with Crippen molar-refractivity contribution in [1.82, 2.24) is 0 Å².